The Kier molecular flexibility index (Phi) is 6.56. The van der Waals surface area contributed by atoms with Crippen molar-refractivity contribution in [3.05, 3.63) is 23.2 Å². The average Bonchev–Trinajstić information content (AvgIpc) is 3.26. The van der Waals surface area contributed by atoms with Crippen LogP contribution < -0.4 is 9.62 Å². The second-order valence-corrected chi connectivity index (χ2v) is 12.2. The minimum Gasteiger partial charge on any atom is -0.364 e. The molecule has 1 saturated heterocycles. The third-order valence-corrected chi connectivity index (χ3v) is 8.96. The van der Waals surface area contributed by atoms with Crippen molar-refractivity contribution < 1.29 is 26.4 Å². The number of imidazole rings is 1. The molecule has 16 heteroatoms. The SMILES string of the molecule is CC(C)C(=O)N1CCN(c2c(F)c(S(=O)(=O)NC3(C#N)CC3)cn3c(-c4nnc(C(F)F)s4)ncc23)CC1. The molecule has 1 amide bonds. The Hall–Kier alpha value is -3.29. The van der Waals surface area contributed by atoms with Crippen molar-refractivity contribution >= 4 is 38.5 Å². The fourth-order valence-corrected chi connectivity index (χ4v) is 6.46. The number of nitriles is 1. The molecule has 38 heavy (non-hydrogen) atoms. The Morgan fingerprint density at radius 3 is 2.45 bits per heavy atom. The molecule has 5 rings (SSSR count). The lowest BCUT2D eigenvalue weighted by Gasteiger charge is -2.37. The molecule has 3 aromatic heterocycles. The summed E-state index contributed by atoms with van der Waals surface area (Å²) in [6.45, 7) is 4.61. The van der Waals surface area contributed by atoms with Crippen LogP contribution in [0.3, 0.4) is 0 Å². The van der Waals surface area contributed by atoms with E-state index in [2.05, 4.69) is 19.9 Å². The Bertz CT molecular complexity index is 1550. The molecule has 0 aromatic carbocycles. The highest BCUT2D eigenvalue weighted by Crippen LogP contribution is 2.39. The minimum absolute atomic E-state index is 0.00259. The fraction of sp³-hybridized carbons (Fsp3) is 0.500. The summed E-state index contributed by atoms with van der Waals surface area (Å²) in [5, 5.41) is 16.1. The van der Waals surface area contributed by atoms with Gasteiger partial charge in [0.05, 0.1) is 17.8 Å². The van der Waals surface area contributed by atoms with Crippen LogP contribution in [0.5, 0.6) is 0 Å². The van der Waals surface area contributed by atoms with Crippen LogP contribution in [-0.2, 0) is 14.8 Å². The van der Waals surface area contributed by atoms with E-state index in [-0.39, 0.29) is 47.0 Å². The number of halogens is 3. The second kappa shape index (κ2) is 9.47. The number of pyridine rings is 1. The number of alkyl halides is 2. The molecule has 4 heterocycles. The molecule has 0 unspecified atom stereocenters. The lowest BCUT2D eigenvalue weighted by molar-refractivity contribution is -0.134. The van der Waals surface area contributed by atoms with Gasteiger partial charge in [-0.3, -0.25) is 9.20 Å². The standard InChI is InChI=1S/C22H23F3N8O3S2/c1-12(2)21(34)32-7-5-31(6-8-32)16-13-9-27-18(20-29-28-19(37-20)17(24)25)33(13)10-14(15(16)23)38(35,36)30-22(11-26)3-4-22/h9-10,12,17,30H,3-8H2,1-2H3. The van der Waals surface area contributed by atoms with Crippen molar-refractivity contribution in [2.75, 3.05) is 31.1 Å². The number of hydrogen-bond donors (Lipinski definition) is 1. The zero-order valence-corrected chi connectivity index (χ0v) is 22.0. The number of aromatic nitrogens is 4. The summed E-state index contributed by atoms with van der Waals surface area (Å²) in [6.07, 6.45) is 0.0516. The topological polar surface area (TPSA) is 137 Å². The normalized spacial score (nSPS) is 17.4. The molecule has 1 aliphatic carbocycles. The highest BCUT2D eigenvalue weighted by atomic mass is 32.2. The van der Waals surface area contributed by atoms with Crippen LogP contribution in [-0.4, -0.2) is 70.5 Å². The minimum atomic E-state index is -4.51. The predicted octanol–water partition coefficient (Wildman–Crippen LogP) is 2.57. The number of rotatable bonds is 7. The van der Waals surface area contributed by atoms with Crippen LogP contribution in [0.1, 0.15) is 38.1 Å². The number of fused-ring (bicyclic) bond motifs is 1. The molecule has 0 spiro atoms. The molecule has 1 saturated carbocycles. The van der Waals surface area contributed by atoms with Gasteiger partial charge >= 0.3 is 0 Å². The van der Waals surface area contributed by atoms with Gasteiger partial charge in [0.2, 0.25) is 15.9 Å². The fourth-order valence-electron chi connectivity index (χ4n) is 4.32. The summed E-state index contributed by atoms with van der Waals surface area (Å²) >= 11 is 0.587. The number of nitrogens with one attached hydrogen (secondary N) is 1. The zero-order chi connectivity index (χ0) is 27.4. The number of sulfonamides is 1. The van der Waals surface area contributed by atoms with Crippen LogP contribution in [0.2, 0.25) is 0 Å². The van der Waals surface area contributed by atoms with Crippen LogP contribution in [0.4, 0.5) is 18.9 Å². The first-order chi connectivity index (χ1) is 18.0. The average molecular weight is 569 g/mol. The summed E-state index contributed by atoms with van der Waals surface area (Å²) in [4.78, 5) is 19.2. The van der Waals surface area contributed by atoms with Crippen molar-refractivity contribution in [3.8, 4) is 16.9 Å². The van der Waals surface area contributed by atoms with E-state index >= 15 is 4.39 Å². The molecular formula is C22H23F3N8O3S2. The maximum atomic E-state index is 16.1. The van der Waals surface area contributed by atoms with Gasteiger partial charge in [0.25, 0.3) is 6.43 Å². The van der Waals surface area contributed by atoms with E-state index in [1.807, 2.05) is 6.07 Å². The first kappa shape index (κ1) is 26.3. The summed E-state index contributed by atoms with van der Waals surface area (Å²) in [7, 11) is -4.51. The molecule has 202 valence electrons. The van der Waals surface area contributed by atoms with Crippen LogP contribution in [0, 0.1) is 23.1 Å². The second-order valence-electron chi connectivity index (χ2n) is 9.51. The molecule has 0 bridgehead atoms. The maximum Gasteiger partial charge on any atom is 0.291 e. The van der Waals surface area contributed by atoms with Crippen LogP contribution in [0.15, 0.2) is 17.3 Å². The largest absolute Gasteiger partial charge is 0.364 e. The lowest BCUT2D eigenvalue weighted by atomic mass is 10.1. The summed E-state index contributed by atoms with van der Waals surface area (Å²) in [5.74, 6) is -1.28. The van der Waals surface area contributed by atoms with E-state index in [0.717, 1.165) is 6.20 Å². The Balaban J connectivity index is 1.62. The number of anilines is 1. The van der Waals surface area contributed by atoms with Crippen molar-refractivity contribution in [1.29, 1.82) is 5.26 Å². The van der Waals surface area contributed by atoms with Gasteiger partial charge in [0.1, 0.15) is 16.1 Å². The van der Waals surface area contributed by atoms with Gasteiger partial charge in [-0.2, -0.15) is 9.98 Å². The lowest BCUT2D eigenvalue weighted by Crippen LogP contribution is -2.50. The first-order valence-corrected chi connectivity index (χ1v) is 14.1. The predicted molar refractivity (Wildman–Crippen MR) is 131 cm³/mol. The van der Waals surface area contributed by atoms with Gasteiger partial charge in [-0.25, -0.2) is 26.6 Å². The van der Waals surface area contributed by atoms with Gasteiger partial charge < -0.3 is 9.80 Å². The van der Waals surface area contributed by atoms with Gasteiger partial charge in [0, 0.05) is 38.3 Å². The Labute approximate surface area is 219 Å². The highest BCUT2D eigenvalue weighted by Gasteiger charge is 2.47. The summed E-state index contributed by atoms with van der Waals surface area (Å²) in [5.41, 5.74) is -1.18. The van der Waals surface area contributed by atoms with Gasteiger partial charge in [-0.15, -0.1) is 10.2 Å². The van der Waals surface area contributed by atoms with E-state index in [4.69, 9.17) is 0 Å². The molecule has 11 nitrogen and oxygen atoms in total. The molecule has 2 fully saturated rings. The van der Waals surface area contributed by atoms with E-state index < -0.39 is 37.7 Å². The monoisotopic (exact) mass is 568 g/mol. The van der Waals surface area contributed by atoms with E-state index in [1.165, 1.54) is 10.6 Å². The molecule has 2 aliphatic rings. The van der Waals surface area contributed by atoms with Gasteiger partial charge in [-0.1, -0.05) is 25.2 Å². The van der Waals surface area contributed by atoms with Crippen LogP contribution >= 0.6 is 11.3 Å². The number of nitrogens with zero attached hydrogens (tertiary/aromatic N) is 7. The third kappa shape index (κ3) is 4.58. The van der Waals surface area contributed by atoms with E-state index in [1.54, 1.807) is 23.6 Å². The van der Waals surface area contributed by atoms with Crippen molar-refractivity contribution in [2.45, 2.75) is 43.5 Å². The van der Waals surface area contributed by atoms with Crippen molar-refractivity contribution in [2.24, 2.45) is 5.92 Å². The van der Waals surface area contributed by atoms with Gasteiger partial charge in [-0.05, 0) is 12.8 Å². The zero-order valence-electron chi connectivity index (χ0n) is 20.4. The number of hydrogen-bond acceptors (Lipinski definition) is 9. The molecule has 3 aromatic rings. The quantitative estimate of drug-likeness (QED) is 0.459. The summed E-state index contributed by atoms with van der Waals surface area (Å²) in [6, 6.07) is 1.92. The molecule has 0 radical (unpaired) electrons. The van der Waals surface area contributed by atoms with Gasteiger partial charge in [0.15, 0.2) is 21.7 Å². The smallest absolute Gasteiger partial charge is 0.291 e. The number of piperazine rings is 1. The van der Waals surface area contributed by atoms with E-state index in [9.17, 15) is 27.3 Å². The highest BCUT2D eigenvalue weighted by molar-refractivity contribution is 7.89. The number of carbonyl (C=O) groups excluding carboxylic acids is 1. The third-order valence-electron chi connectivity index (χ3n) is 6.51. The maximum absolute atomic E-state index is 16.1. The Morgan fingerprint density at radius 1 is 1.21 bits per heavy atom. The molecular weight excluding hydrogens is 545 g/mol. The molecule has 0 atom stereocenters. The van der Waals surface area contributed by atoms with Crippen molar-refractivity contribution in [1.82, 2.24) is 29.2 Å². The van der Waals surface area contributed by atoms with E-state index in [0.29, 0.717) is 37.3 Å². The number of amides is 1. The molecule has 1 aliphatic heterocycles. The van der Waals surface area contributed by atoms with Crippen LogP contribution in [0.25, 0.3) is 16.3 Å². The number of carbonyl (C=O) groups is 1. The first-order valence-electron chi connectivity index (χ1n) is 11.8. The Morgan fingerprint density at radius 2 is 1.89 bits per heavy atom. The van der Waals surface area contributed by atoms with Crippen molar-refractivity contribution in [3.63, 3.8) is 0 Å². The summed E-state index contributed by atoms with van der Waals surface area (Å²) < 4.78 is 72.5. The molecule has 1 N–H and O–H groups in total.